The highest BCUT2D eigenvalue weighted by molar-refractivity contribution is 7.89. The Kier molecular flexibility index (Phi) is 20.9. The highest BCUT2D eigenvalue weighted by atomic mass is 35.5. The molecule has 9 N–H and O–H groups in total. The monoisotopic (exact) mass is 1260 g/mol. The van der Waals surface area contributed by atoms with Gasteiger partial charge in [0.25, 0.3) is 0 Å². The number of benzene rings is 3. The van der Waals surface area contributed by atoms with Crippen molar-refractivity contribution in [1.82, 2.24) is 42.8 Å². The van der Waals surface area contributed by atoms with Crippen LogP contribution < -0.4 is 22.9 Å². The summed E-state index contributed by atoms with van der Waals surface area (Å²) in [4.78, 5) is 43.4. The van der Waals surface area contributed by atoms with E-state index in [4.69, 9.17) is 69.3 Å². The summed E-state index contributed by atoms with van der Waals surface area (Å²) < 4.78 is 82.5. The normalized spacial score (nSPS) is 11.7. The van der Waals surface area contributed by atoms with Crippen LogP contribution in [0.2, 0.25) is 20.2 Å². The first-order valence-corrected chi connectivity index (χ1v) is 30.3. The molecule has 0 saturated heterocycles. The van der Waals surface area contributed by atoms with Crippen LogP contribution in [0.25, 0.3) is 32.3 Å². The Labute approximate surface area is 497 Å². The number of carboxylic acid groups (broad SMARTS) is 1. The minimum Gasteiger partial charge on any atom is -0.480 e. The number of hydrogen-bond donors (Lipinski definition) is 5. The predicted octanol–water partition coefficient (Wildman–Crippen LogP) is 8.01. The van der Waals surface area contributed by atoms with Crippen molar-refractivity contribution in [1.29, 1.82) is 0 Å². The maximum absolute atomic E-state index is 13.2. The molecule has 9 rings (SSSR count). The topological polar surface area (TPSA) is 356 Å². The number of aromatic nitrogens is 6. The molecule has 0 aliphatic heterocycles. The number of hydrogen-bond acceptors (Lipinski definition) is 15. The maximum Gasteiger partial charge on any atom is 0.318 e. The molecule has 0 aliphatic rings. The van der Waals surface area contributed by atoms with Gasteiger partial charge < -0.3 is 28.0 Å². The van der Waals surface area contributed by atoms with Crippen LogP contribution in [-0.2, 0) is 54.5 Å². The van der Waals surface area contributed by atoms with Crippen molar-refractivity contribution in [2.75, 3.05) is 19.6 Å². The third-order valence-electron chi connectivity index (χ3n) is 12.0. The molecule has 30 heteroatoms. The van der Waals surface area contributed by atoms with Gasteiger partial charge in [0, 0.05) is 121 Å². The molecule has 0 spiro atoms. The minimum atomic E-state index is -4.20. The molecule has 432 valence electrons. The number of fused-ring (bicyclic) bond motifs is 3. The number of aliphatic carboxylic acids is 1. The van der Waals surface area contributed by atoms with Crippen molar-refractivity contribution in [3.63, 3.8) is 0 Å². The lowest BCUT2D eigenvalue weighted by atomic mass is 10.1. The standard InChI is InChI=1S/C18H17ClN6O4S.C18H19ClN6O2S.C17H15Cl2N3O2S/c19-15-8-23-17(24-18(20)21)14-6-12(3-4-13(14)15)30(28,29)25(10-16(26)27)9-11-2-1-5-22-7-11;1-2-25(11-12-4-3-7-22-9-12)28(26,27)13-5-6-14-15(8-13)17(24-18(20)21)23-10-16(14)19;1-2-22(11-12-4-3-7-20-9-12)25(23,24)13-5-6-14-15(8-13)17(19)21-10-16(14)18/h1-8H,9-10H2,(H,26,27)(H4,20,21,23,24);3-10H,2,11H2,1H3,(H4,20,21,23,24);3-10H,2,11H2,1H3. The first kappa shape index (κ1) is 62.8. The number of sulfonamides is 3. The fraction of sp³-hybridized carbons (Fsp3) is 0.151. The molecule has 0 bridgehead atoms. The van der Waals surface area contributed by atoms with Crippen LogP contribution in [0.3, 0.4) is 0 Å². The SMILES string of the molecule is CCN(Cc1cccnc1)S(=O)(=O)c1ccc2c(Cl)cnc(Cl)c2c1.CCN(Cc1cccnc1)S(=O)(=O)c1ccc2c(Cl)cnc(N=C(N)N)c2c1.NC(N)=Nc1ncc(Cl)c2ccc(S(=O)(=O)N(CC(=O)O)Cc3cccnc3)cc12. The molecule has 9 aromatic rings. The van der Waals surface area contributed by atoms with E-state index < -0.39 is 42.6 Å². The summed E-state index contributed by atoms with van der Waals surface area (Å²) >= 11 is 24.6. The van der Waals surface area contributed by atoms with Gasteiger partial charge in [-0.25, -0.2) is 40.2 Å². The van der Waals surface area contributed by atoms with Gasteiger partial charge in [0.1, 0.15) is 11.7 Å². The van der Waals surface area contributed by atoms with E-state index in [1.54, 1.807) is 75.0 Å². The van der Waals surface area contributed by atoms with Crippen molar-refractivity contribution in [3.8, 4) is 0 Å². The molecule has 0 aliphatic carbocycles. The number of guanidine groups is 2. The number of rotatable bonds is 18. The van der Waals surface area contributed by atoms with Gasteiger partial charge in [-0.3, -0.25) is 19.7 Å². The molecular weight excluding hydrogens is 1210 g/mol. The van der Waals surface area contributed by atoms with Gasteiger partial charge in [0.2, 0.25) is 30.1 Å². The summed E-state index contributed by atoms with van der Waals surface area (Å²) in [5, 5.41) is 13.5. The molecule has 0 saturated carbocycles. The molecule has 0 atom stereocenters. The van der Waals surface area contributed by atoms with Crippen LogP contribution in [0.15, 0.2) is 171 Å². The molecule has 6 aromatic heterocycles. The summed E-state index contributed by atoms with van der Waals surface area (Å²) in [5.74, 6) is -1.45. The third-order valence-corrected chi connectivity index (χ3v) is 18.8. The molecule has 83 heavy (non-hydrogen) atoms. The highest BCUT2D eigenvalue weighted by Gasteiger charge is 2.29. The first-order valence-electron chi connectivity index (χ1n) is 24.4. The summed E-state index contributed by atoms with van der Waals surface area (Å²) in [6, 6.07) is 23.9. The van der Waals surface area contributed by atoms with E-state index in [9.17, 15) is 35.2 Å². The highest BCUT2D eigenvalue weighted by Crippen LogP contribution is 2.35. The molecule has 3 aromatic carbocycles. The van der Waals surface area contributed by atoms with E-state index in [0.29, 0.717) is 61.0 Å². The Balaban J connectivity index is 0.000000180. The smallest absolute Gasteiger partial charge is 0.318 e. The Morgan fingerprint density at radius 1 is 0.482 bits per heavy atom. The van der Waals surface area contributed by atoms with Crippen LogP contribution in [-0.4, -0.2) is 111 Å². The van der Waals surface area contributed by atoms with Crippen molar-refractivity contribution in [3.05, 3.63) is 184 Å². The third kappa shape index (κ3) is 15.5. The van der Waals surface area contributed by atoms with Crippen LogP contribution in [0.5, 0.6) is 0 Å². The van der Waals surface area contributed by atoms with Gasteiger partial charge >= 0.3 is 5.97 Å². The summed E-state index contributed by atoms with van der Waals surface area (Å²) in [6.45, 7) is 3.74. The van der Waals surface area contributed by atoms with Crippen molar-refractivity contribution < 1.29 is 35.2 Å². The minimum absolute atomic E-state index is 0.0866. The van der Waals surface area contributed by atoms with E-state index in [2.05, 4.69) is 39.9 Å². The second kappa shape index (κ2) is 27.5. The fourth-order valence-corrected chi connectivity index (χ4v) is 13.2. The van der Waals surface area contributed by atoms with E-state index in [1.807, 2.05) is 12.1 Å². The van der Waals surface area contributed by atoms with Crippen molar-refractivity contribution in [2.24, 2.45) is 32.9 Å². The average Bonchev–Trinajstić information content (AvgIpc) is 3.63. The molecule has 0 radical (unpaired) electrons. The number of nitrogens with zero attached hydrogens (tertiary/aromatic N) is 11. The van der Waals surface area contributed by atoms with Gasteiger partial charge in [-0.1, -0.05) is 96.6 Å². The summed E-state index contributed by atoms with van der Waals surface area (Å²) in [5.41, 5.74) is 23.9. The molecule has 0 fully saturated rings. The molecular formula is C53H51Cl4N15O8S3. The number of nitrogens with two attached hydrogens (primary N) is 4. The number of pyridine rings is 6. The largest absolute Gasteiger partial charge is 0.480 e. The lowest BCUT2D eigenvalue weighted by Crippen LogP contribution is -2.35. The van der Waals surface area contributed by atoms with Crippen LogP contribution in [0.4, 0.5) is 11.6 Å². The zero-order valence-corrected chi connectivity index (χ0v) is 49.3. The van der Waals surface area contributed by atoms with E-state index in [0.717, 1.165) is 15.4 Å². The Hall–Kier alpha value is -7.76. The van der Waals surface area contributed by atoms with Crippen LogP contribution in [0, 0.1) is 0 Å². The first-order chi connectivity index (χ1) is 39.4. The lowest BCUT2D eigenvalue weighted by Gasteiger charge is -2.21. The van der Waals surface area contributed by atoms with Crippen LogP contribution >= 0.6 is 46.4 Å². The number of aliphatic imine (C=N–C) groups is 2. The van der Waals surface area contributed by atoms with Gasteiger partial charge in [-0.2, -0.15) is 22.9 Å². The zero-order valence-electron chi connectivity index (χ0n) is 43.9. The Morgan fingerprint density at radius 2 is 0.819 bits per heavy atom. The molecule has 0 amide bonds. The van der Waals surface area contributed by atoms with E-state index in [-0.39, 0.29) is 68.1 Å². The second-order valence-electron chi connectivity index (χ2n) is 17.6. The summed E-state index contributed by atoms with van der Waals surface area (Å²) in [6.07, 6.45) is 13.8. The number of halogens is 4. The average molecular weight is 1260 g/mol. The Bertz CT molecular complexity index is 4240. The Morgan fingerprint density at radius 3 is 1.16 bits per heavy atom. The zero-order chi connectivity index (χ0) is 60.2. The van der Waals surface area contributed by atoms with Gasteiger partial charge in [0.15, 0.2) is 23.6 Å². The molecule has 23 nitrogen and oxygen atoms in total. The van der Waals surface area contributed by atoms with Gasteiger partial charge in [-0.05, 0) is 71.3 Å². The molecule has 0 unspecified atom stereocenters. The molecule has 6 heterocycles. The van der Waals surface area contributed by atoms with Crippen molar-refractivity contribution in [2.45, 2.75) is 48.2 Å². The van der Waals surface area contributed by atoms with Gasteiger partial charge in [0.05, 0.1) is 29.8 Å². The van der Waals surface area contributed by atoms with E-state index in [1.165, 1.54) is 82.1 Å². The fourth-order valence-electron chi connectivity index (χ4n) is 8.05. The number of carbonyl (C=O) groups is 1. The van der Waals surface area contributed by atoms with E-state index >= 15 is 0 Å². The summed E-state index contributed by atoms with van der Waals surface area (Å²) in [7, 11) is -11.7. The number of carboxylic acids is 1. The quantitative estimate of drug-likeness (QED) is 0.0308. The van der Waals surface area contributed by atoms with Gasteiger partial charge in [-0.15, -0.1) is 0 Å². The second-order valence-corrected chi connectivity index (χ2v) is 25.0. The van der Waals surface area contributed by atoms with Crippen molar-refractivity contribution >= 4 is 138 Å². The maximum atomic E-state index is 13.2. The lowest BCUT2D eigenvalue weighted by molar-refractivity contribution is -0.137. The predicted molar refractivity (Wildman–Crippen MR) is 321 cm³/mol. The van der Waals surface area contributed by atoms with Crippen LogP contribution in [0.1, 0.15) is 30.5 Å².